The van der Waals surface area contributed by atoms with Crippen molar-refractivity contribution in [3.8, 4) is 0 Å². The molecular weight excluding hydrogens is 374 g/mol. The molecule has 1 atom stereocenters. The van der Waals surface area contributed by atoms with E-state index in [0.717, 1.165) is 11.1 Å². The third kappa shape index (κ3) is 4.17. The molecule has 0 saturated heterocycles. The van der Waals surface area contributed by atoms with Crippen molar-refractivity contribution in [2.24, 2.45) is 0 Å². The van der Waals surface area contributed by atoms with E-state index >= 15 is 0 Å². The van der Waals surface area contributed by atoms with E-state index in [1.807, 2.05) is 32.0 Å². The zero-order chi connectivity index (χ0) is 20.3. The molecule has 2 aromatic carbocycles. The zero-order valence-corrected chi connectivity index (χ0v) is 16.9. The standard InChI is InChI=1S/C22H23NO4S/c1-15-7-10-18(11-8-15)22(24)23-14-21(19-5-4-12-27-19)28(25,26)20-13-16(2)6-9-17(20)3/h4-13,21H,14H2,1-3H3,(H,23,24)/t21-/m0/s1. The molecule has 0 fully saturated rings. The van der Waals surface area contributed by atoms with Crippen LogP contribution in [0.5, 0.6) is 0 Å². The highest BCUT2D eigenvalue weighted by atomic mass is 32.2. The average molecular weight is 397 g/mol. The van der Waals surface area contributed by atoms with Gasteiger partial charge in [-0.1, -0.05) is 29.8 Å². The van der Waals surface area contributed by atoms with Gasteiger partial charge in [0.2, 0.25) is 0 Å². The maximum atomic E-state index is 13.4. The highest BCUT2D eigenvalue weighted by Crippen LogP contribution is 2.31. The third-order valence-electron chi connectivity index (χ3n) is 4.65. The number of rotatable bonds is 6. The van der Waals surface area contributed by atoms with Crippen LogP contribution in [0.15, 0.2) is 70.2 Å². The van der Waals surface area contributed by atoms with Gasteiger partial charge in [0, 0.05) is 12.1 Å². The van der Waals surface area contributed by atoms with Crippen molar-refractivity contribution in [3.05, 3.63) is 88.9 Å². The molecule has 3 aromatic rings. The summed E-state index contributed by atoms with van der Waals surface area (Å²) in [5, 5.41) is 1.72. The van der Waals surface area contributed by atoms with E-state index in [1.165, 1.54) is 6.26 Å². The number of aryl methyl sites for hydroxylation is 3. The summed E-state index contributed by atoms with van der Waals surface area (Å²) in [5.74, 6) is -0.0298. The molecule has 6 heteroatoms. The molecule has 146 valence electrons. The van der Waals surface area contributed by atoms with Crippen LogP contribution in [-0.4, -0.2) is 20.9 Å². The lowest BCUT2D eigenvalue weighted by Gasteiger charge is -2.18. The first-order valence-corrected chi connectivity index (χ1v) is 10.5. The van der Waals surface area contributed by atoms with Gasteiger partial charge in [0.25, 0.3) is 5.91 Å². The number of carbonyl (C=O) groups excluding carboxylic acids is 1. The highest BCUT2D eigenvalue weighted by molar-refractivity contribution is 7.91. The molecule has 0 aliphatic carbocycles. The Morgan fingerprint density at radius 3 is 2.32 bits per heavy atom. The summed E-state index contributed by atoms with van der Waals surface area (Å²) in [5.41, 5.74) is 3.04. The predicted molar refractivity (Wildman–Crippen MR) is 108 cm³/mol. The second-order valence-electron chi connectivity index (χ2n) is 6.89. The summed E-state index contributed by atoms with van der Waals surface area (Å²) in [7, 11) is -3.77. The highest BCUT2D eigenvalue weighted by Gasteiger charge is 2.33. The number of benzene rings is 2. The molecule has 0 unspecified atom stereocenters. The zero-order valence-electron chi connectivity index (χ0n) is 16.1. The van der Waals surface area contributed by atoms with Gasteiger partial charge < -0.3 is 9.73 Å². The quantitative estimate of drug-likeness (QED) is 0.678. The minimum absolute atomic E-state index is 0.0874. The molecule has 1 N–H and O–H groups in total. The lowest BCUT2D eigenvalue weighted by molar-refractivity contribution is 0.0953. The molecule has 0 aliphatic rings. The van der Waals surface area contributed by atoms with Crippen LogP contribution >= 0.6 is 0 Å². The number of carbonyl (C=O) groups is 1. The molecule has 0 spiro atoms. The first-order valence-electron chi connectivity index (χ1n) is 8.98. The van der Waals surface area contributed by atoms with E-state index in [0.29, 0.717) is 16.9 Å². The Labute approximate surface area is 165 Å². The molecule has 1 heterocycles. The molecule has 0 bridgehead atoms. The number of hydrogen-bond donors (Lipinski definition) is 1. The van der Waals surface area contributed by atoms with Crippen molar-refractivity contribution < 1.29 is 17.6 Å². The van der Waals surface area contributed by atoms with Gasteiger partial charge in [-0.2, -0.15) is 0 Å². The molecule has 3 rings (SSSR count). The molecular formula is C22H23NO4S. The predicted octanol–water partition coefficient (Wildman–Crippen LogP) is 4.15. The fourth-order valence-corrected chi connectivity index (χ4v) is 4.91. The Morgan fingerprint density at radius 1 is 1.00 bits per heavy atom. The Morgan fingerprint density at radius 2 is 1.68 bits per heavy atom. The van der Waals surface area contributed by atoms with E-state index in [9.17, 15) is 13.2 Å². The van der Waals surface area contributed by atoms with Crippen LogP contribution in [0.3, 0.4) is 0 Å². The van der Waals surface area contributed by atoms with Crippen molar-refractivity contribution in [2.45, 2.75) is 30.9 Å². The Bertz CT molecular complexity index is 1070. The summed E-state index contributed by atoms with van der Waals surface area (Å²) in [6.07, 6.45) is 1.43. The summed E-state index contributed by atoms with van der Waals surface area (Å²) < 4.78 is 32.2. The first-order chi connectivity index (χ1) is 13.3. The van der Waals surface area contributed by atoms with Gasteiger partial charge in [0.05, 0.1) is 11.2 Å². The fraction of sp³-hybridized carbons (Fsp3) is 0.227. The SMILES string of the molecule is Cc1ccc(C(=O)NC[C@@H](c2ccco2)S(=O)(=O)c2cc(C)ccc2C)cc1. The van der Waals surface area contributed by atoms with Crippen molar-refractivity contribution in [2.75, 3.05) is 6.54 Å². The number of amides is 1. The topological polar surface area (TPSA) is 76.4 Å². The lowest BCUT2D eigenvalue weighted by Crippen LogP contribution is -2.32. The van der Waals surface area contributed by atoms with Crippen LogP contribution in [0, 0.1) is 20.8 Å². The molecule has 0 saturated carbocycles. The van der Waals surface area contributed by atoms with Crippen LogP contribution in [-0.2, 0) is 9.84 Å². The van der Waals surface area contributed by atoms with E-state index in [-0.39, 0.29) is 17.3 Å². The molecule has 1 amide bonds. The summed E-state index contributed by atoms with van der Waals surface area (Å²) in [6.45, 7) is 5.46. The maximum absolute atomic E-state index is 13.4. The van der Waals surface area contributed by atoms with Gasteiger partial charge in [-0.05, 0) is 62.2 Å². The van der Waals surface area contributed by atoms with E-state index in [4.69, 9.17) is 4.42 Å². The first kappa shape index (κ1) is 19.9. The van der Waals surface area contributed by atoms with Gasteiger partial charge in [-0.15, -0.1) is 0 Å². The maximum Gasteiger partial charge on any atom is 0.251 e. The Balaban J connectivity index is 1.91. The van der Waals surface area contributed by atoms with Crippen molar-refractivity contribution in [1.29, 1.82) is 0 Å². The molecule has 28 heavy (non-hydrogen) atoms. The fourth-order valence-electron chi connectivity index (χ4n) is 3.00. The average Bonchev–Trinajstić information content (AvgIpc) is 3.18. The molecule has 0 radical (unpaired) electrons. The van der Waals surface area contributed by atoms with E-state index < -0.39 is 15.1 Å². The van der Waals surface area contributed by atoms with Crippen LogP contribution < -0.4 is 5.32 Å². The van der Waals surface area contributed by atoms with Crippen molar-refractivity contribution in [3.63, 3.8) is 0 Å². The largest absolute Gasteiger partial charge is 0.468 e. The molecule has 1 aromatic heterocycles. The van der Waals surface area contributed by atoms with Crippen LogP contribution in [0.4, 0.5) is 0 Å². The smallest absolute Gasteiger partial charge is 0.251 e. The second-order valence-corrected chi connectivity index (χ2v) is 8.99. The van der Waals surface area contributed by atoms with Gasteiger partial charge in [-0.3, -0.25) is 4.79 Å². The lowest BCUT2D eigenvalue weighted by atomic mass is 10.1. The molecule has 0 aliphatic heterocycles. The van der Waals surface area contributed by atoms with Gasteiger partial charge in [0.15, 0.2) is 9.84 Å². The Hall–Kier alpha value is -2.86. The van der Waals surface area contributed by atoms with Crippen LogP contribution in [0.2, 0.25) is 0 Å². The minimum atomic E-state index is -3.77. The van der Waals surface area contributed by atoms with Gasteiger partial charge in [-0.25, -0.2) is 8.42 Å². The third-order valence-corrected chi connectivity index (χ3v) is 6.85. The van der Waals surface area contributed by atoms with Crippen LogP contribution in [0.25, 0.3) is 0 Å². The minimum Gasteiger partial charge on any atom is -0.468 e. The number of sulfone groups is 1. The number of hydrogen-bond acceptors (Lipinski definition) is 4. The van der Waals surface area contributed by atoms with Crippen molar-refractivity contribution >= 4 is 15.7 Å². The van der Waals surface area contributed by atoms with E-state index in [1.54, 1.807) is 43.3 Å². The summed E-state index contributed by atoms with van der Waals surface area (Å²) in [6, 6.07) is 15.7. The summed E-state index contributed by atoms with van der Waals surface area (Å²) in [4.78, 5) is 12.7. The molecule has 5 nitrogen and oxygen atoms in total. The monoisotopic (exact) mass is 397 g/mol. The van der Waals surface area contributed by atoms with Gasteiger partial charge >= 0.3 is 0 Å². The van der Waals surface area contributed by atoms with Crippen molar-refractivity contribution in [1.82, 2.24) is 5.32 Å². The van der Waals surface area contributed by atoms with E-state index in [2.05, 4.69) is 5.32 Å². The normalized spacial score (nSPS) is 12.5. The number of nitrogens with one attached hydrogen (secondary N) is 1. The number of furan rings is 1. The second kappa shape index (κ2) is 8.02. The summed E-state index contributed by atoms with van der Waals surface area (Å²) >= 11 is 0. The van der Waals surface area contributed by atoms with Gasteiger partial charge in [0.1, 0.15) is 11.0 Å². The Kier molecular flexibility index (Phi) is 5.70. The van der Waals surface area contributed by atoms with Crippen LogP contribution in [0.1, 0.15) is 38.1 Å².